The molecule has 2 aromatic heterocycles. The van der Waals surface area contributed by atoms with E-state index in [1.54, 1.807) is 16.7 Å². The van der Waals surface area contributed by atoms with Gasteiger partial charge in [-0.25, -0.2) is 4.98 Å². The van der Waals surface area contributed by atoms with E-state index in [1.807, 2.05) is 24.3 Å². The molecule has 3 aromatic rings. The van der Waals surface area contributed by atoms with Gasteiger partial charge in [-0.3, -0.25) is 4.57 Å². The summed E-state index contributed by atoms with van der Waals surface area (Å²) < 4.78 is 1.75. The van der Waals surface area contributed by atoms with Crippen molar-refractivity contribution in [1.29, 1.82) is 0 Å². The van der Waals surface area contributed by atoms with Crippen LogP contribution in [0.5, 0.6) is 0 Å². The van der Waals surface area contributed by atoms with Crippen molar-refractivity contribution in [2.45, 2.75) is 0 Å². The molecule has 0 saturated heterocycles. The summed E-state index contributed by atoms with van der Waals surface area (Å²) in [6.07, 6.45) is 2.87. The molecule has 0 N–H and O–H groups in total. The van der Waals surface area contributed by atoms with Crippen LogP contribution in [0.1, 0.15) is 0 Å². The van der Waals surface area contributed by atoms with Gasteiger partial charge in [0.1, 0.15) is 0 Å². The standard InChI is InChI=1S/C11H6ClN4/c12-10-5-6-11(15-14-10)16-7-13-8-3-1-2-4-9(8)16/h1-6H. The van der Waals surface area contributed by atoms with Crippen LogP contribution in [-0.2, 0) is 0 Å². The zero-order valence-corrected chi connectivity index (χ0v) is 8.89. The minimum atomic E-state index is 0.369. The molecule has 0 saturated carbocycles. The smallest absolute Gasteiger partial charge is 0.183 e. The summed E-state index contributed by atoms with van der Waals surface area (Å²) in [5, 5.41) is 8.14. The number of halogens is 1. The average Bonchev–Trinajstić information content (AvgIpc) is 2.74. The summed E-state index contributed by atoms with van der Waals surface area (Å²) >= 11 is 5.68. The Bertz CT molecular complexity index is 630. The molecule has 0 aliphatic carbocycles. The van der Waals surface area contributed by atoms with Crippen molar-refractivity contribution >= 4 is 22.6 Å². The number of rotatable bonds is 1. The molecule has 4 nitrogen and oxygen atoms in total. The predicted molar refractivity (Wildman–Crippen MR) is 60.5 cm³/mol. The molecule has 0 atom stereocenters. The Morgan fingerprint density at radius 3 is 2.75 bits per heavy atom. The Balaban J connectivity index is 2.22. The zero-order valence-electron chi connectivity index (χ0n) is 8.13. The second-order valence-electron chi connectivity index (χ2n) is 3.25. The van der Waals surface area contributed by atoms with Gasteiger partial charge in [-0.1, -0.05) is 23.7 Å². The number of aromatic nitrogens is 4. The molecule has 16 heavy (non-hydrogen) atoms. The maximum atomic E-state index is 5.68. The van der Waals surface area contributed by atoms with Gasteiger partial charge in [-0.15, -0.1) is 10.2 Å². The summed E-state index contributed by atoms with van der Waals surface area (Å²) in [5.74, 6) is 0.651. The lowest BCUT2D eigenvalue weighted by Crippen LogP contribution is -1.97. The quantitative estimate of drug-likeness (QED) is 0.643. The van der Waals surface area contributed by atoms with E-state index in [4.69, 9.17) is 11.6 Å². The number of fused-ring (bicyclic) bond motifs is 1. The van der Waals surface area contributed by atoms with Crippen LogP contribution in [0.3, 0.4) is 0 Å². The fourth-order valence-electron chi connectivity index (χ4n) is 1.51. The molecule has 0 amide bonds. The van der Waals surface area contributed by atoms with Crippen molar-refractivity contribution in [3.63, 3.8) is 0 Å². The van der Waals surface area contributed by atoms with Gasteiger partial charge in [-0.2, -0.15) is 0 Å². The molecule has 0 aliphatic rings. The summed E-state index contributed by atoms with van der Waals surface area (Å²) in [4.78, 5) is 4.15. The highest BCUT2D eigenvalue weighted by molar-refractivity contribution is 6.29. The third kappa shape index (κ3) is 1.44. The van der Waals surface area contributed by atoms with Crippen molar-refractivity contribution in [3.05, 3.63) is 47.9 Å². The molecule has 0 bridgehead atoms. The third-order valence-electron chi connectivity index (χ3n) is 2.24. The number of hydrogen-bond donors (Lipinski definition) is 0. The molecule has 0 spiro atoms. The molecule has 2 heterocycles. The van der Waals surface area contributed by atoms with Crippen LogP contribution in [-0.4, -0.2) is 19.7 Å². The Labute approximate surface area is 96.5 Å². The van der Waals surface area contributed by atoms with E-state index >= 15 is 0 Å². The van der Waals surface area contributed by atoms with E-state index in [0.29, 0.717) is 11.0 Å². The molecule has 0 unspecified atom stereocenters. The van der Waals surface area contributed by atoms with E-state index in [1.165, 1.54) is 0 Å². The summed E-state index contributed by atoms with van der Waals surface area (Å²) in [5.41, 5.74) is 1.82. The molecule has 0 fully saturated rings. The van der Waals surface area contributed by atoms with Gasteiger partial charge in [0.2, 0.25) is 0 Å². The number of nitrogens with zero attached hydrogens (tertiary/aromatic N) is 4. The number of imidazole rings is 1. The largest absolute Gasteiger partial charge is 0.272 e. The van der Waals surface area contributed by atoms with Crippen LogP contribution in [0.15, 0.2) is 36.4 Å². The van der Waals surface area contributed by atoms with Gasteiger partial charge in [0, 0.05) is 0 Å². The first kappa shape index (κ1) is 9.30. The van der Waals surface area contributed by atoms with Crippen LogP contribution in [0.2, 0.25) is 5.15 Å². The average molecular weight is 230 g/mol. The highest BCUT2D eigenvalue weighted by Crippen LogP contribution is 2.15. The SMILES string of the molecule is Clc1ccc(-n2[c]nc3ccccc32)nn1. The van der Waals surface area contributed by atoms with Gasteiger partial charge >= 0.3 is 0 Å². The Morgan fingerprint density at radius 2 is 1.94 bits per heavy atom. The van der Waals surface area contributed by atoms with E-state index in [2.05, 4.69) is 21.5 Å². The minimum absolute atomic E-state index is 0.369. The third-order valence-corrected chi connectivity index (χ3v) is 2.44. The highest BCUT2D eigenvalue weighted by atomic mass is 35.5. The second-order valence-corrected chi connectivity index (χ2v) is 3.64. The van der Waals surface area contributed by atoms with Crippen LogP contribution >= 0.6 is 11.6 Å². The van der Waals surface area contributed by atoms with Crippen molar-refractivity contribution in [2.75, 3.05) is 0 Å². The van der Waals surface area contributed by atoms with E-state index in [9.17, 15) is 0 Å². The van der Waals surface area contributed by atoms with E-state index in [0.717, 1.165) is 11.0 Å². The first-order valence-corrected chi connectivity index (χ1v) is 5.07. The first-order chi connectivity index (χ1) is 7.84. The van der Waals surface area contributed by atoms with Crippen LogP contribution < -0.4 is 0 Å². The monoisotopic (exact) mass is 229 g/mol. The lowest BCUT2D eigenvalue weighted by molar-refractivity contribution is 0.923. The molecule has 3 rings (SSSR count). The molecule has 1 radical (unpaired) electrons. The van der Waals surface area contributed by atoms with Gasteiger partial charge in [0.15, 0.2) is 17.3 Å². The van der Waals surface area contributed by atoms with E-state index in [-0.39, 0.29) is 0 Å². The van der Waals surface area contributed by atoms with Gasteiger partial charge in [-0.05, 0) is 24.3 Å². The van der Waals surface area contributed by atoms with Gasteiger partial charge < -0.3 is 0 Å². The Hall–Kier alpha value is -1.94. The number of benzene rings is 1. The number of hydrogen-bond acceptors (Lipinski definition) is 3. The topological polar surface area (TPSA) is 43.6 Å². The van der Waals surface area contributed by atoms with Crippen molar-refractivity contribution in [2.24, 2.45) is 0 Å². The fraction of sp³-hybridized carbons (Fsp3) is 0. The molecule has 0 aliphatic heterocycles. The lowest BCUT2D eigenvalue weighted by atomic mass is 10.3. The van der Waals surface area contributed by atoms with Crippen molar-refractivity contribution < 1.29 is 0 Å². The van der Waals surface area contributed by atoms with Crippen LogP contribution in [0.4, 0.5) is 0 Å². The molecule has 77 valence electrons. The Kier molecular flexibility index (Phi) is 2.08. The van der Waals surface area contributed by atoms with Crippen molar-refractivity contribution in [1.82, 2.24) is 19.7 Å². The molecule has 5 heteroatoms. The maximum Gasteiger partial charge on any atom is 0.183 e. The molecular formula is C11H6ClN4. The summed E-state index contributed by atoms with van der Waals surface area (Å²) in [6, 6.07) is 11.2. The summed E-state index contributed by atoms with van der Waals surface area (Å²) in [7, 11) is 0. The summed E-state index contributed by atoms with van der Waals surface area (Å²) in [6.45, 7) is 0. The number of para-hydroxylation sites is 2. The van der Waals surface area contributed by atoms with Crippen molar-refractivity contribution in [3.8, 4) is 5.82 Å². The van der Waals surface area contributed by atoms with Gasteiger partial charge in [0.25, 0.3) is 0 Å². The second kappa shape index (κ2) is 3.57. The predicted octanol–water partition coefficient (Wildman–Crippen LogP) is 2.27. The lowest BCUT2D eigenvalue weighted by Gasteiger charge is -2.00. The highest BCUT2D eigenvalue weighted by Gasteiger charge is 2.05. The van der Waals surface area contributed by atoms with Crippen LogP contribution in [0.25, 0.3) is 16.9 Å². The maximum absolute atomic E-state index is 5.68. The first-order valence-electron chi connectivity index (χ1n) is 4.69. The fourth-order valence-corrected chi connectivity index (χ4v) is 1.61. The Morgan fingerprint density at radius 1 is 1.06 bits per heavy atom. The molecular weight excluding hydrogens is 224 g/mol. The zero-order chi connectivity index (χ0) is 11.0. The normalized spacial score (nSPS) is 10.8. The van der Waals surface area contributed by atoms with Gasteiger partial charge in [0.05, 0.1) is 11.0 Å². The minimum Gasteiger partial charge on any atom is -0.272 e. The van der Waals surface area contributed by atoms with Crippen LogP contribution in [0, 0.1) is 6.33 Å². The molecule has 1 aromatic carbocycles. The van der Waals surface area contributed by atoms with E-state index < -0.39 is 0 Å².